The first-order valence-electron chi connectivity index (χ1n) is 8.57. The summed E-state index contributed by atoms with van der Waals surface area (Å²) in [6.45, 7) is 1.77. The number of benzene rings is 1. The number of nitrogens with one attached hydrogen (secondary N) is 1. The first-order valence-corrected chi connectivity index (χ1v) is 9.32. The van der Waals surface area contributed by atoms with Crippen molar-refractivity contribution in [3.63, 3.8) is 0 Å². The van der Waals surface area contributed by atoms with Gasteiger partial charge in [0.1, 0.15) is 6.04 Å². The van der Waals surface area contributed by atoms with E-state index in [1.807, 2.05) is 12.1 Å². The van der Waals surface area contributed by atoms with Crippen LogP contribution in [-0.4, -0.2) is 21.0 Å². The molecule has 3 aromatic rings. The number of hydrogen-bond donors (Lipinski definition) is 1. The molecule has 8 heteroatoms. The maximum Gasteiger partial charge on any atom is 0.253 e. The SMILES string of the molecule is C[C@H](NC(=O)c1ccc(Cl)cc1Cl)c1nc(-c2ccnc(C3CC3)c2)no1. The van der Waals surface area contributed by atoms with Crippen molar-refractivity contribution in [2.75, 3.05) is 0 Å². The fourth-order valence-electron chi connectivity index (χ4n) is 2.73. The zero-order valence-corrected chi connectivity index (χ0v) is 16.0. The normalized spacial score (nSPS) is 14.8. The monoisotopic (exact) mass is 402 g/mol. The van der Waals surface area contributed by atoms with Gasteiger partial charge in [-0.15, -0.1) is 0 Å². The van der Waals surface area contributed by atoms with Crippen molar-refractivity contribution in [1.82, 2.24) is 20.4 Å². The summed E-state index contributed by atoms with van der Waals surface area (Å²) in [5.74, 6) is 0.982. The average molecular weight is 403 g/mol. The van der Waals surface area contributed by atoms with Crippen LogP contribution in [0.3, 0.4) is 0 Å². The summed E-state index contributed by atoms with van der Waals surface area (Å²) >= 11 is 11.9. The van der Waals surface area contributed by atoms with Gasteiger partial charge in [-0.05, 0) is 50.1 Å². The molecule has 6 nitrogen and oxygen atoms in total. The van der Waals surface area contributed by atoms with Crippen LogP contribution in [0.5, 0.6) is 0 Å². The molecule has 0 aliphatic heterocycles. The lowest BCUT2D eigenvalue weighted by molar-refractivity contribution is 0.0932. The highest BCUT2D eigenvalue weighted by molar-refractivity contribution is 6.36. The van der Waals surface area contributed by atoms with E-state index >= 15 is 0 Å². The van der Waals surface area contributed by atoms with E-state index < -0.39 is 6.04 Å². The predicted octanol–water partition coefficient (Wildman–Crippen LogP) is 4.81. The summed E-state index contributed by atoms with van der Waals surface area (Å²) in [7, 11) is 0. The minimum Gasteiger partial charge on any atom is -0.340 e. The van der Waals surface area contributed by atoms with Gasteiger partial charge in [0.2, 0.25) is 11.7 Å². The van der Waals surface area contributed by atoms with Crippen LogP contribution >= 0.6 is 23.2 Å². The number of hydrogen-bond acceptors (Lipinski definition) is 5. The van der Waals surface area contributed by atoms with Crippen LogP contribution in [0.2, 0.25) is 10.0 Å². The Bertz CT molecular complexity index is 1000. The van der Waals surface area contributed by atoms with E-state index in [1.165, 1.54) is 18.9 Å². The Hall–Kier alpha value is -2.44. The molecule has 1 fully saturated rings. The molecule has 1 aliphatic carbocycles. The highest BCUT2D eigenvalue weighted by atomic mass is 35.5. The molecule has 1 aromatic carbocycles. The van der Waals surface area contributed by atoms with Gasteiger partial charge in [-0.1, -0.05) is 28.4 Å². The minimum atomic E-state index is -0.477. The first-order chi connectivity index (χ1) is 13.0. The molecular formula is C19H16Cl2N4O2. The quantitative estimate of drug-likeness (QED) is 0.662. The smallest absolute Gasteiger partial charge is 0.253 e. The molecule has 138 valence electrons. The summed E-state index contributed by atoms with van der Waals surface area (Å²) in [6.07, 6.45) is 4.10. The van der Waals surface area contributed by atoms with E-state index in [4.69, 9.17) is 27.7 Å². The van der Waals surface area contributed by atoms with Gasteiger partial charge in [-0.2, -0.15) is 4.98 Å². The third-order valence-corrected chi connectivity index (χ3v) is 4.92. The lowest BCUT2D eigenvalue weighted by Crippen LogP contribution is -2.27. The van der Waals surface area contributed by atoms with Crippen LogP contribution < -0.4 is 5.32 Å². The molecule has 4 rings (SSSR count). The Morgan fingerprint density at radius 2 is 2.07 bits per heavy atom. The molecule has 0 saturated heterocycles. The van der Waals surface area contributed by atoms with Crippen LogP contribution in [0.1, 0.15) is 53.7 Å². The third kappa shape index (κ3) is 3.96. The summed E-state index contributed by atoms with van der Waals surface area (Å²) in [5, 5.41) is 7.58. The van der Waals surface area contributed by atoms with Crippen molar-refractivity contribution in [2.45, 2.75) is 31.7 Å². The average Bonchev–Trinajstić information content (AvgIpc) is 3.38. The molecule has 1 atom stereocenters. The van der Waals surface area contributed by atoms with Gasteiger partial charge in [0.25, 0.3) is 5.91 Å². The van der Waals surface area contributed by atoms with E-state index in [-0.39, 0.29) is 10.9 Å². The van der Waals surface area contributed by atoms with E-state index in [9.17, 15) is 4.79 Å². The van der Waals surface area contributed by atoms with Crippen molar-refractivity contribution in [1.29, 1.82) is 0 Å². The summed E-state index contributed by atoms with van der Waals surface area (Å²) in [4.78, 5) is 21.2. The maximum atomic E-state index is 12.4. The second-order valence-electron chi connectivity index (χ2n) is 6.52. The molecule has 1 saturated carbocycles. The zero-order chi connectivity index (χ0) is 19.0. The number of aromatic nitrogens is 3. The Morgan fingerprint density at radius 1 is 1.26 bits per heavy atom. The number of carbonyl (C=O) groups is 1. The highest BCUT2D eigenvalue weighted by Gasteiger charge is 2.26. The summed E-state index contributed by atoms with van der Waals surface area (Å²) < 4.78 is 5.33. The van der Waals surface area contributed by atoms with Gasteiger partial charge in [0.15, 0.2) is 0 Å². The van der Waals surface area contributed by atoms with Gasteiger partial charge in [-0.25, -0.2) is 0 Å². The van der Waals surface area contributed by atoms with Crippen LogP contribution in [0, 0.1) is 0 Å². The van der Waals surface area contributed by atoms with Crippen LogP contribution in [0.4, 0.5) is 0 Å². The van der Waals surface area contributed by atoms with Crippen LogP contribution in [-0.2, 0) is 0 Å². The van der Waals surface area contributed by atoms with Gasteiger partial charge in [0.05, 0.1) is 10.6 Å². The number of carbonyl (C=O) groups excluding carboxylic acids is 1. The summed E-state index contributed by atoms with van der Waals surface area (Å²) in [6, 6.07) is 8.06. The van der Waals surface area contributed by atoms with E-state index in [1.54, 1.807) is 25.3 Å². The molecule has 1 aliphatic rings. The minimum absolute atomic E-state index is 0.280. The van der Waals surface area contributed by atoms with Crippen molar-refractivity contribution in [3.05, 3.63) is 63.7 Å². The fraction of sp³-hybridized carbons (Fsp3) is 0.263. The Morgan fingerprint density at radius 3 is 2.81 bits per heavy atom. The number of nitrogens with zero attached hydrogens (tertiary/aromatic N) is 3. The standard InChI is InChI=1S/C19H16Cl2N4O2/c1-10(23-18(26)14-5-4-13(20)9-15(14)21)19-24-17(25-27-19)12-6-7-22-16(8-12)11-2-3-11/h4-11H,2-3H2,1H3,(H,23,26)/t10-/m0/s1. The Kier molecular flexibility index (Phi) is 4.85. The fourth-order valence-corrected chi connectivity index (χ4v) is 3.22. The van der Waals surface area contributed by atoms with Crippen LogP contribution in [0.25, 0.3) is 11.4 Å². The topological polar surface area (TPSA) is 80.9 Å². The second-order valence-corrected chi connectivity index (χ2v) is 7.36. The van der Waals surface area contributed by atoms with Crippen molar-refractivity contribution >= 4 is 29.1 Å². The molecule has 0 radical (unpaired) electrons. The molecule has 2 heterocycles. The predicted molar refractivity (Wildman–Crippen MR) is 102 cm³/mol. The molecule has 0 bridgehead atoms. The second kappa shape index (κ2) is 7.29. The Balaban J connectivity index is 1.49. The summed E-state index contributed by atoms with van der Waals surface area (Å²) in [5.41, 5.74) is 2.23. The number of halogens is 2. The van der Waals surface area contributed by atoms with Gasteiger partial charge >= 0.3 is 0 Å². The van der Waals surface area contributed by atoms with Crippen molar-refractivity contribution < 1.29 is 9.32 Å². The van der Waals surface area contributed by atoms with E-state index in [0.29, 0.717) is 28.2 Å². The zero-order valence-electron chi connectivity index (χ0n) is 14.4. The first kappa shape index (κ1) is 17.9. The lowest BCUT2D eigenvalue weighted by Gasteiger charge is -2.10. The molecule has 1 N–H and O–H groups in total. The van der Waals surface area contributed by atoms with Crippen LogP contribution in [0.15, 0.2) is 41.1 Å². The molecule has 0 unspecified atom stereocenters. The third-order valence-electron chi connectivity index (χ3n) is 4.37. The number of amides is 1. The molecule has 1 amide bonds. The van der Waals surface area contributed by atoms with E-state index in [0.717, 1.165) is 11.3 Å². The maximum absolute atomic E-state index is 12.4. The van der Waals surface area contributed by atoms with Gasteiger partial charge in [0, 0.05) is 28.4 Å². The van der Waals surface area contributed by atoms with Gasteiger partial charge < -0.3 is 9.84 Å². The molecule has 0 spiro atoms. The Labute approximate surface area is 165 Å². The molecule has 2 aromatic heterocycles. The number of pyridine rings is 1. The van der Waals surface area contributed by atoms with Crippen molar-refractivity contribution in [2.24, 2.45) is 0 Å². The van der Waals surface area contributed by atoms with Gasteiger partial charge in [-0.3, -0.25) is 9.78 Å². The van der Waals surface area contributed by atoms with Crippen molar-refractivity contribution in [3.8, 4) is 11.4 Å². The molecular weight excluding hydrogens is 387 g/mol. The molecule has 27 heavy (non-hydrogen) atoms. The van der Waals surface area contributed by atoms with E-state index in [2.05, 4.69) is 20.4 Å². The largest absolute Gasteiger partial charge is 0.340 e. The number of rotatable bonds is 5. The highest BCUT2D eigenvalue weighted by Crippen LogP contribution is 2.39. The lowest BCUT2D eigenvalue weighted by atomic mass is 10.1.